The Morgan fingerprint density at radius 2 is 1.74 bits per heavy atom. The molecule has 5 heteroatoms. The van der Waals surface area contributed by atoms with Gasteiger partial charge in [-0.3, -0.25) is 9.78 Å². The van der Waals surface area contributed by atoms with E-state index in [0.717, 1.165) is 44.6 Å². The highest BCUT2D eigenvalue weighted by Gasteiger charge is 2.18. The van der Waals surface area contributed by atoms with Crippen molar-refractivity contribution in [2.75, 3.05) is 6.79 Å². The van der Waals surface area contributed by atoms with Crippen LogP contribution in [-0.4, -0.2) is 17.7 Å². The van der Waals surface area contributed by atoms with E-state index in [1.54, 1.807) is 0 Å². The number of carbonyl (C=O) groups is 1. The van der Waals surface area contributed by atoms with Gasteiger partial charge in [0.1, 0.15) is 0 Å². The highest BCUT2D eigenvalue weighted by atomic mass is 16.7. The van der Waals surface area contributed by atoms with Gasteiger partial charge in [0, 0.05) is 17.6 Å². The molecule has 0 bridgehead atoms. The number of pyridine rings is 1. The maximum atomic E-state index is 12.9. The summed E-state index contributed by atoms with van der Waals surface area (Å²) in [6, 6.07) is 24.0. The Hall–Kier alpha value is -3.86. The summed E-state index contributed by atoms with van der Waals surface area (Å²) in [7, 11) is 0. The predicted molar refractivity (Wildman–Crippen MR) is 120 cm³/mol. The molecule has 0 unspecified atom stereocenters. The number of rotatable bonds is 5. The van der Waals surface area contributed by atoms with E-state index in [1.807, 2.05) is 61.5 Å². The summed E-state index contributed by atoms with van der Waals surface area (Å²) in [5.41, 5.74) is 5.88. The first-order chi connectivity index (χ1) is 15.2. The number of hydrogen-bond donors (Lipinski definition) is 1. The van der Waals surface area contributed by atoms with Crippen LogP contribution in [0.5, 0.6) is 11.5 Å². The smallest absolute Gasteiger partial charge is 0.231 e. The highest BCUT2D eigenvalue weighted by Crippen LogP contribution is 2.34. The summed E-state index contributed by atoms with van der Waals surface area (Å²) in [5, 5.41) is 4.08. The lowest BCUT2D eigenvalue weighted by atomic mass is 9.92. The maximum absolute atomic E-state index is 12.9. The van der Waals surface area contributed by atoms with Crippen LogP contribution >= 0.6 is 0 Å². The number of amides is 1. The molecule has 0 fully saturated rings. The number of benzene rings is 3. The molecular formula is C26H22N2O3. The second kappa shape index (κ2) is 8.11. The molecule has 0 saturated heterocycles. The van der Waals surface area contributed by atoms with Gasteiger partial charge >= 0.3 is 0 Å². The summed E-state index contributed by atoms with van der Waals surface area (Å²) < 4.78 is 10.8. The Balaban J connectivity index is 1.43. The lowest BCUT2D eigenvalue weighted by Crippen LogP contribution is -2.25. The Morgan fingerprint density at radius 3 is 2.61 bits per heavy atom. The van der Waals surface area contributed by atoms with E-state index >= 15 is 0 Å². The minimum atomic E-state index is -0.0463. The van der Waals surface area contributed by atoms with Crippen molar-refractivity contribution in [3.8, 4) is 22.6 Å². The van der Waals surface area contributed by atoms with Gasteiger partial charge in [-0.1, -0.05) is 54.6 Å². The van der Waals surface area contributed by atoms with E-state index in [-0.39, 0.29) is 19.1 Å². The number of carbonyl (C=O) groups excluding carboxylic acids is 1. The molecule has 4 aromatic rings. The molecule has 0 aliphatic carbocycles. The number of aryl methyl sites for hydroxylation is 1. The molecule has 5 rings (SSSR count). The van der Waals surface area contributed by atoms with Crippen molar-refractivity contribution in [1.82, 2.24) is 10.3 Å². The van der Waals surface area contributed by atoms with Crippen LogP contribution < -0.4 is 14.8 Å². The van der Waals surface area contributed by atoms with Crippen LogP contribution in [0.2, 0.25) is 0 Å². The molecule has 0 radical (unpaired) electrons. The van der Waals surface area contributed by atoms with Crippen molar-refractivity contribution >= 4 is 16.8 Å². The van der Waals surface area contributed by atoms with Crippen LogP contribution in [-0.2, 0) is 17.8 Å². The Kier molecular flexibility index (Phi) is 5.00. The third kappa shape index (κ3) is 3.82. The molecule has 31 heavy (non-hydrogen) atoms. The van der Waals surface area contributed by atoms with Gasteiger partial charge in [-0.05, 0) is 47.4 Å². The molecule has 0 spiro atoms. The van der Waals surface area contributed by atoms with Gasteiger partial charge in [0.05, 0.1) is 11.9 Å². The fourth-order valence-electron chi connectivity index (χ4n) is 4.00. The average Bonchev–Trinajstić information content (AvgIpc) is 3.27. The van der Waals surface area contributed by atoms with Gasteiger partial charge in [0.25, 0.3) is 0 Å². The van der Waals surface area contributed by atoms with E-state index in [9.17, 15) is 4.79 Å². The average molecular weight is 410 g/mol. The number of nitrogens with zero attached hydrogens (tertiary/aromatic N) is 1. The molecule has 0 atom stereocenters. The number of fused-ring (bicyclic) bond motifs is 2. The fraction of sp³-hybridized carbons (Fsp3) is 0.154. The first-order valence-electron chi connectivity index (χ1n) is 10.3. The minimum absolute atomic E-state index is 0.0463. The van der Waals surface area contributed by atoms with Crippen molar-refractivity contribution < 1.29 is 14.3 Å². The lowest BCUT2D eigenvalue weighted by Gasteiger charge is -2.16. The Bertz CT molecular complexity index is 1270. The van der Waals surface area contributed by atoms with Gasteiger partial charge in [-0.25, -0.2) is 0 Å². The maximum Gasteiger partial charge on any atom is 0.231 e. The summed E-state index contributed by atoms with van der Waals surface area (Å²) in [6.07, 6.45) is 0.262. The zero-order valence-electron chi connectivity index (χ0n) is 17.2. The zero-order chi connectivity index (χ0) is 21.2. The topological polar surface area (TPSA) is 60.5 Å². The summed E-state index contributed by atoms with van der Waals surface area (Å²) in [4.78, 5) is 17.7. The molecule has 1 aliphatic heterocycles. The fourth-order valence-corrected chi connectivity index (χ4v) is 4.00. The molecule has 1 aromatic heterocycles. The number of para-hydroxylation sites is 1. The van der Waals surface area contributed by atoms with Crippen LogP contribution in [0.25, 0.3) is 22.0 Å². The molecular weight excluding hydrogens is 388 g/mol. The van der Waals surface area contributed by atoms with Gasteiger partial charge in [0.2, 0.25) is 12.7 Å². The Labute approximate surface area is 180 Å². The number of aromatic nitrogens is 1. The van der Waals surface area contributed by atoms with Crippen LogP contribution in [0.1, 0.15) is 16.8 Å². The highest BCUT2D eigenvalue weighted by molar-refractivity contribution is 5.98. The third-order valence-electron chi connectivity index (χ3n) is 5.53. The van der Waals surface area contributed by atoms with Gasteiger partial charge in [0.15, 0.2) is 11.5 Å². The van der Waals surface area contributed by atoms with E-state index in [4.69, 9.17) is 14.5 Å². The normalized spacial score (nSPS) is 12.2. The Morgan fingerprint density at radius 1 is 0.968 bits per heavy atom. The SMILES string of the molecule is Cc1nc2ccccc2c(-c2ccccc2)c1CC(=O)NCc1ccc2c(c1)OCO2. The van der Waals surface area contributed by atoms with Crippen molar-refractivity contribution in [2.45, 2.75) is 19.9 Å². The molecule has 1 amide bonds. The largest absolute Gasteiger partial charge is 0.454 e. The quantitative estimate of drug-likeness (QED) is 0.514. The monoisotopic (exact) mass is 410 g/mol. The molecule has 1 aliphatic rings. The molecule has 0 saturated carbocycles. The number of ether oxygens (including phenoxy) is 2. The zero-order valence-corrected chi connectivity index (χ0v) is 17.2. The van der Waals surface area contributed by atoms with Crippen LogP contribution in [0.15, 0.2) is 72.8 Å². The van der Waals surface area contributed by atoms with Crippen molar-refractivity contribution in [2.24, 2.45) is 0 Å². The molecule has 3 aromatic carbocycles. The van der Waals surface area contributed by atoms with E-state index in [2.05, 4.69) is 23.5 Å². The summed E-state index contributed by atoms with van der Waals surface area (Å²) in [6.45, 7) is 2.64. The molecule has 5 nitrogen and oxygen atoms in total. The van der Waals surface area contributed by atoms with E-state index < -0.39 is 0 Å². The van der Waals surface area contributed by atoms with Crippen molar-refractivity contribution in [1.29, 1.82) is 0 Å². The first-order valence-corrected chi connectivity index (χ1v) is 10.3. The predicted octanol–water partition coefficient (Wildman–Crippen LogP) is 4.80. The summed E-state index contributed by atoms with van der Waals surface area (Å²) >= 11 is 0. The van der Waals surface area contributed by atoms with Crippen LogP contribution in [0, 0.1) is 6.92 Å². The molecule has 154 valence electrons. The number of nitrogens with one attached hydrogen (secondary N) is 1. The van der Waals surface area contributed by atoms with Crippen LogP contribution in [0.3, 0.4) is 0 Å². The molecule has 1 N–H and O–H groups in total. The lowest BCUT2D eigenvalue weighted by molar-refractivity contribution is -0.120. The van der Waals surface area contributed by atoms with Crippen molar-refractivity contribution in [3.05, 3.63) is 89.6 Å². The first kappa shape index (κ1) is 19.1. The second-order valence-corrected chi connectivity index (χ2v) is 7.58. The summed E-state index contributed by atoms with van der Waals surface area (Å²) in [5.74, 6) is 1.41. The van der Waals surface area contributed by atoms with Crippen molar-refractivity contribution in [3.63, 3.8) is 0 Å². The molecule has 2 heterocycles. The van der Waals surface area contributed by atoms with Gasteiger partial charge < -0.3 is 14.8 Å². The van der Waals surface area contributed by atoms with E-state index in [1.165, 1.54) is 0 Å². The van der Waals surface area contributed by atoms with Gasteiger partial charge in [-0.15, -0.1) is 0 Å². The van der Waals surface area contributed by atoms with Crippen LogP contribution in [0.4, 0.5) is 0 Å². The van der Waals surface area contributed by atoms with Gasteiger partial charge in [-0.2, -0.15) is 0 Å². The minimum Gasteiger partial charge on any atom is -0.454 e. The standard InChI is InChI=1S/C26H22N2O3/c1-17-21(14-25(29)27-15-18-11-12-23-24(13-18)31-16-30-23)26(19-7-3-2-4-8-19)20-9-5-6-10-22(20)28-17/h2-13H,14-16H2,1H3,(H,27,29). The number of hydrogen-bond acceptors (Lipinski definition) is 4. The van der Waals surface area contributed by atoms with E-state index in [0.29, 0.717) is 12.3 Å². The third-order valence-corrected chi connectivity index (χ3v) is 5.53. The second-order valence-electron chi connectivity index (χ2n) is 7.58.